The van der Waals surface area contributed by atoms with E-state index in [1.165, 1.54) is 0 Å². The number of hydrogen-bond acceptors (Lipinski definition) is 3. The quantitative estimate of drug-likeness (QED) is 0.764. The van der Waals surface area contributed by atoms with Crippen LogP contribution in [0.3, 0.4) is 0 Å². The molecule has 106 valence electrons. The van der Waals surface area contributed by atoms with Gasteiger partial charge in [-0.1, -0.05) is 20.8 Å². The minimum Gasteiger partial charge on any atom is -0.343 e. The number of carbonyl (C=O) groups excluding carboxylic acids is 1. The third-order valence-corrected chi connectivity index (χ3v) is 4.11. The van der Waals surface area contributed by atoms with Crippen LogP contribution in [-0.4, -0.2) is 47.9 Å². The lowest BCUT2D eigenvalue weighted by Crippen LogP contribution is -2.55. The SMILES string of the molecule is CC(C)(C)CC(=O)N1CCC(N2CC(C#N)C2)CC1. The Morgan fingerprint density at radius 1 is 1.26 bits per heavy atom. The summed E-state index contributed by atoms with van der Waals surface area (Å²) in [6.45, 7) is 9.95. The minimum atomic E-state index is 0.0748. The van der Waals surface area contributed by atoms with Crippen molar-refractivity contribution < 1.29 is 4.79 Å². The van der Waals surface area contributed by atoms with Crippen molar-refractivity contribution >= 4 is 5.91 Å². The number of hydrogen-bond donors (Lipinski definition) is 0. The highest BCUT2D eigenvalue weighted by atomic mass is 16.2. The first kappa shape index (κ1) is 14.3. The van der Waals surface area contributed by atoms with E-state index in [9.17, 15) is 4.79 Å². The second kappa shape index (κ2) is 5.50. The first-order valence-corrected chi connectivity index (χ1v) is 7.30. The molecule has 0 aliphatic carbocycles. The summed E-state index contributed by atoms with van der Waals surface area (Å²) in [4.78, 5) is 16.6. The first-order valence-electron chi connectivity index (χ1n) is 7.30. The van der Waals surface area contributed by atoms with Crippen LogP contribution in [0.15, 0.2) is 0 Å². The molecule has 19 heavy (non-hydrogen) atoms. The van der Waals surface area contributed by atoms with Gasteiger partial charge in [0, 0.05) is 38.6 Å². The van der Waals surface area contributed by atoms with E-state index in [-0.39, 0.29) is 11.3 Å². The molecule has 0 aromatic carbocycles. The van der Waals surface area contributed by atoms with Gasteiger partial charge in [-0.25, -0.2) is 0 Å². The first-order chi connectivity index (χ1) is 8.89. The molecule has 0 atom stereocenters. The number of nitrogens with zero attached hydrogens (tertiary/aromatic N) is 3. The molecule has 2 saturated heterocycles. The molecule has 0 unspecified atom stereocenters. The Morgan fingerprint density at radius 2 is 1.84 bits per heavy atom. The lowest BCUT2D eigenvalue weighted by molar-refractivity contribution is -0.135. The van der Waals surface area contributed by atoms with Gasteiger partial charge < -0.3 is 4.90 Å². The molecule has 1 amide bonds. The number of rotatable bonds is 2. The molecule has 2 fully saturated rings. The monoisotopic (exact) mass is 263 g/mol. The van der Waals surface area contributed by atoms with Gasteiger partial charge in [0.25, 0.3) is 0 Å². The molecule has 2 heterocycles. The fourth-order valence-corrected chi connectivity index (χ4v) is 2.94. The van der Waals surface area contributed by atoms with Crippen molar-refractivity contribution in [2.45, 2.75) is 46.1 Å². The van der Waals surface area contributed by atoms with Crippen LogP contribution >= 0.6 is 0 Å². The van der Waals surface area contributed by atoms with Crippen molar-refractivity contribution in [3.8, 4) is 6.07 Å². The molecule has 2 aliphatic heterocycles. The minimum absolute atomic E-state index is 0.0748. The molecule has 0 radical (unpaired) electrons. The summed E-state index contributed by atoms with van der Waals surface area (Å²) < 4.78 is 0. The van der Waals surface area contributed by atoms with Crippen molar-refractivity contribution in [3.63, 3.8) is 0 Å². The summed E-state index contributed by atoms with van der Waals surface area (Å²) in [6, 6.07) is 2.90. The third-order valence-electron chi connectivity index (χ3n) is 4.11. The summed E-state index contributed by atoms with van der Waals surface area (Å²) in [7, 11) is 0. The van der Waals surface area contributed by atoms with Gasteiger partial charge in [-0.2, -0.15) is 5.26 Å². The van der Waals surface area contributed by atoms with Gasteiger partial charge in [-0.15, -0.1) is 0 Å². The van der Waals surface area contributed by atoms with Crippen molar-refractivity contribution in [3.05, 3.63) is 0 Å². The number of nitriles is 1. The summed E-state index contributed by atoms with van der Waals surface area (Å²) >= 11 is 0. The molecule has 0 saturated carbocycles. The Hall–Kier alpha value is -1.08. The molecule has 0 aromatic heterocycles. The average molecular weight is 263 g/mol. The van der Waals surface area contributed by atoms with Gasteiger partial charge >= 0.3 is 0 Å². The maximum absolute atomic E-state index is 12.1. The van der Waals surface area contributed by atoms with Crippen molar-refractivity contribution in [1.82, 2.24) is 9.80 Å². The summed E-state index contributed by atoms with van der Waals surface area (Å²) in [5.74, 6) is 0.532. The molecular formula is C15H25N3O. The van der Waals surface area contributed by atoms with E-state index in [0.29, 0.717) is 18.4 Å². The molecule has 0 aromatic rings. The van der Waals surface area contributed by atoms with Crippen LogP contribution in [0, 0.1) is 22.7 Å². The third kappa shape index (κ3) is 3.70. The highest BCUT2D eigenvalue weighted by Crippen LogP contribution is 2.26. The van der Waals surface area contributed by atoms with Crippen LogP contribution in [0.2, 0.25) is 0 Å². The lowest BCUT2D eigenvalue weighted by Gasteiger charge is -2.45. The van der Waals surface area contributed by atoms with Crippen LogP contribution in [0.5, 0.6) is 0 Å². The molecule has 4 nitrogen and oxygen atoms in total. The fourth-order valence-electron chi connectivity index (χ4n) is 2.94. The average Bonchev–Trinajstić information content (AvgIpc) is 2.26. The number of carbonyl (C=O) groups is 1. The van der Waals surface area contributed by atoms with Gasteiger partial charge in [-0.3, -0.25) is 9.69 Å². The fraction of sp³-hybridized carbons (Fsp3) is 0.867. The van der Waals surface area contributed by atoms with Crippen LogP contribution in [0.1, 0.15) is 40.0 Å². The summed E-state index contributed by atoms with van der Waals surface area (Å²) in [5, 5.41) is 8.80. The smallest absolute Gasteiger partial charge is 0.223 e. The highest BCUT2D eigenvalue weighted by Gasteiger charge is 2.35. The summed E-state index contributed by atoms with van der Waals surface area (Å²) in [6.07, 6.45) is 2.76. The largest absolute Gasteiger partial charge is 0.343 e. The van der Waals surface area contributed by atoms with E-state index in [1.807, 2.05) is 4.90 Å². The number of amides is 1. The van der Waals surface area contributed by atoms with Gasteiger partial charge in [0.1, 0.15) is 0 Å². The normalized spacial score (nSPS) is 22.9. The molecule has 4 heteroatoms. The second-order valence-electron chi connectivity index (χ2n) is 7.13. The Morgan fingerprint density at radius 3 is 2.32 bits per heavy atom. The van der Waals surface area contributed by atoms with Gasteiger partial charge in [0.2, 0.25) is 5.91 Å². The zero-order valence-electron chi connectivity index (χ0n) is 12.4. The van der Waals surface area contributed by atoms with Crippen LogP contribution < -0.4 is 0 Å². The van der Waals surface area contributed by atoms with E-state index in [4.69, 9.17) is 5.26 Å². The Bertz CT molecular complexity index is 366. The zero-order valence-corrected chi connectivity index (χ0v) is 12.4. The topological polar surface area (TPSA) is 47.3 Å². The number of piperidine rings is 1. The highest BCUT2D eigenvalue weighted by molar-refractivity contribution is 5.76. The molecule has 2 aliphatic rings. The summed E-state index contributed by atoms with van der Waals surface area (Å²) in [5.41, 5.74) is 0.0748. The van der Waals surface area contributed by atoms with Gasteiger partial charge in [-0.05, 0) is 18.3 Å². The molecular weight excluding hydrogens is 238 g/mol. The molecule has 2 rings (SSSR count). The zero-order chi connectivity index (χ0) is 14.0. The molecule has 0 bridgehead atoms. The van der Waals surface area contributed by atoms with Crippen molar-refractivity contribution in [2.24, 2.45) is 11.3 Å². The van der Waals surface area contributed by atoms with E-state index < -0.39 is 0 Å². The Labute approximate surface area is 116 Å². The Balaban J connectivity index is 1.74. The van der Waals surface area contributed by atoms with Crippen molar-refractivity contribution in [1.29, 1.82) is 5.26 Å². The van der Waals surface area contributed by atoms with Crippen LogP contribution in [0.4, 0.5) is 0 Å². The van der Waals surface area contributed by atoms with Gasteiger partial charge in [0.15, 0.2) is 0 Å². The maximum Gasteiger partial charge on any atom is 0.223 e. The standard InChI is InChI=1S/C15H25N3O/c1-15(2,3)8-14(19)17-6-4-13(5-7-17)18-10-12(9-16)11-18/h12-13H,4-8,10-11H2,1-3H3. The number of likely N-dealkylation sites (tertiary alicyclic amines) is 2. The van der Waals surface area contributed by atoms with Crippen LogP contribution in [-0.2, 0) is 4.79 Å². The van der Waals surface area contributed by atoms with E-state index in [2.05, 4.69) is 31.7 Å². The molecule has 0 spiro atoms. The lowest BCUT2D eigenvalue weighted by atomic mass is 9.90. The second-order valence-corrected chi connectivity index (χ2v) is 7.13. The van der Waals surface area contributed by atoms with Crippen molar-refractivity contribution in [2.75, 3.05) is 26.2 Å². The predicted octanol–water partition coefficient (Wildman–Crippen LogP) is 1.87. The van der Waals surface area contributed by atoms with E-state index in [0.717, 1.165) is 39.0 Å². The molecule has 0 N–H and O–H groups in total. The van der Waals surface area contributed by atoms with E-state index in [1.54, 1.807) is 0 Å². The Kier molecular flexibility index (Phi) is 4.15. The van der Waals surface area contributed by atoms with Crippen LogP contribution in [0.25, 0.3) is 0 Å². The van der Waals surface area contributed by atoms with E-state index >= 15 is 0 Å². The predicted molar refractivity (Wildman–Crippen MR) is 74.4 cm³/mol. The van der Waals surface area contributed by atoms with Gasteiger partial charge in [0.05, 0.1) is 12.0 Å². The maximum atomic E-state index is 12.1.